The van der Waals surface area contributed by atoms with Crippen LogP contribution in [0.2, 0.25) is 0 Å². The van der Waals surface area contributed by atoms with Crippen molar-refractivity contribution in [2.45, 2.75) is 32.3 Å². The van der Waals surface area contributed by atoms with Gasteiger partial charge in [0.25, 0.3) is 0 Å². The van der Waals surface area contributed by atoms with E-state index in [-0.39, 0.29) is 5.60 Å². The number of methoxy groups -OCH3 is 1. The highest BCUT2D eigenvalue weighted by molar-refractivity contribution is 5.42. The molecule has 0 fully saturated rings. The van der Waals surface area contributed by atoms with Gasteiger partial charge in [-0.2, -0.15) is 5.26 Å². The van der Waals surface area contributed by atoms with E-state index in [9.17, 15) is 0 Å². The van der Waals surface area contributed by atoms with Gasteiger partial charge in [-0.25, -0.2) is 0 Å². The van der Waals surface area contributed by atoms with Crippen molar-refractivity contribution in [3.8, 4) is 11.8 Å². The monoisotopic (exact) mass is 277 g/mol. The van der Waals surface area contributed by atoms with Crippen molar-refractivity contribution in [2.75, 3.05) is 26.9 Å². The Kier molecular flexibility index (Phi) is 7.06. The molecule has 4 heteroatoms. The zero-order valence-electron chi connectivity index (χ0n) is 12.5. The van der Waals surface area contributed by atoms with E-state index in [4.69, 9.17) is 19.5 Å². The summed E-state index contributed by atoms with van der Waals surface area (Å²) < 4.78 is 16.4. The van der Waals surface area contributed by atoms with E-state index < -0.39 is 0 Å². The fourth-order valence-electron chi connectivity index (χ4n) is 1.55. The molecule has 0 saturated carbocycles. The second kappa shape index (κ2) is 8.57. The van der Waals surface area contributed by atoms with Gasteiger partial charge in [-0.05, 0) is 32.4 Å². The fraction of sp³-hybridized carbons (Fsp3) is 0.562. The first-order valence-electron chi connectivity index (χ1n) is 6.84. The van der Waals surface area contributed by atoms with Crippen LogP contribution in [0.15, 0.2) is 24.3 Å². The maximum absolute atomic E-state index is 8.92. The molecule has 0 atom stereocenters. The molecule has 1 rings (SSSR count). The van der Waals surface area contributed by atoms with Crippen LogP contribution in [0.5, 0.6) is 5.75 Å². The minimum Gasteiger partial charge on any atom is -0.492 e. The van der Waals surface area contributed by atoms with Crippen molar-refractivity contribution in [3.05, 3.63) is 29.8 Å². The Morgan fingerprint density at radius 3 is 2.60 bits per heavy atom. The number of ether oxygens (including phenoxy) is 3. The van der Waals surface area contributed by atoms with Gasteiger partial charge in [-0.1, -0.05) is 12.1 Å². The van der Waals surface area contributed by atoms with Crippen molar-refractivity contribution in [1.82, 2.24) is 0 Å². The summed E-state index contributed by atoms with van der Waals surface area (Å²) in [5, 5.41) is 8.92. The molecule has 1 aromatic rings. The number of nitrogens with zero attached hydrogens (tertiary/aromatic N) is 1. The summed E-state index contributed by atoms with van der Waals surface area (Å²) in [5.74, 6) is 0.635. The number of rotatable bonds is 9. The summed E-state index contributed by atoms with van der Waals surface area (Å²) in [4.78, 5) is 0. The fourth-order valence-corrected chi connectivity index (χ4v) is 1.55. The van der Waals surface area contributed by atoms with E-state index in [1.54, 1.807) is 19.2 Å². The lowest BCUT2D eigenvalue weighted by Crippen LogP contribution is -2.24. The van der Waals surface area contributed by atoms with E-state index in [2.05, 4.69) is 6.07 Å². The van der Waals surface area contributed by atoms with E-state index in [1.807, 2.05) is 26.0 Å². The highest BCUT2D eigenvalue weighted by atomic mass is 16.5. The molecule has 0 heterocycles. The molecule has 20 heavy (non-hydrogen) atoms. The van der Waals surface area contributed by atoms with Crippen molar-refractivity contribution in [2.24, 2.45) is 0 Å². The van der Waals surface area contributed by atoms with Crippen molar-refractivity contribution in [3.63, 3.8) is 0 Å². The first-order valence-corrected chi connectivity index (χ1v) is 6.84. The topological polar surface area (TPSA) is 51.5 Å². The van der Waals surface area contributed by atoms with Gasteiger partial charge >= 0.3 is 0 Å². The molecule has 0 aliphatic carbocycles. The molecule has 0 spiro atoms. The molecule has 0 aromatic heterocycles. The zero-order chi connectivity index (χ0) is 14.8. The number of hydrogen-bond acceptors (Lipinski definition) is 4. The summed E-state index contributed by atoms with van der Waals surface area (Å²) in [6.07, 6.45) is 1.66. The Morgan fingerprint density at radius 1 is 1.15 bits per heavy atom. The standard InChI is InChI=1S/C16H23NO3/c1-16(2,18-3)9-12-19-10-6-11-20-15-8-5-4-7-14(15)13-17/h4-5,7-8H,6,9-12H2,1-3H3. The molecule has 1 aromatic carbocycles. The van der Waals surface area contributed by atoms with Crippen LogP contribution in [-0.4, -0.2) is 32.5 Å². The summed E-state index contributed by atoms with van der Waals surface area (Å²) in [5.41, 5.74) is 0.428. The van der Waals surface area contributed by atoms with Crippen LogP contribution in [0.4, 0.5) is 0 Å². The number of para-hydroxylation sites is 1. The molecule has 4 nitrogen and oxygen atoms in total. The van der Waals surface area contributed by atoms with Gasteiger partial charge in [0.2, 0.25) is 0 Å². The maximum Gasteiger partial charge on any atom is 0.137 e. The Morgan fingerprint density at radius 2 is 1.90 bits per heavy atom. The molecule has 0 saturated heterocycles. The van der Waals surface area contributed by atoms with E-state index in [1.165, 1.54) is 0 Å². The molecule has 0 amide bonds. The highest BCUT2D eigenvalue weighted by Gasteiger charge is 2.15. The van der Waals surface area contributed by atoms with Gasteiger partial charge in [0, 0.05) is 26.7 Å². The van der Waals surface area contributed by atoms with Gasteiger partial charge in [-0.3, -0.25) is 0 Å². The average Bonchev–Trinajstić information content (AvgIpc) is 2.46. The molecule has 0 aliphatic heterocycles. The third kappa shape index (κ3) is 6.05. The summed E-state index contributed by atoms with van der Waals surface area (Å²) in [7, 11) is 1.71. The van der Waals surface area contributed by atoms with Crippen LogP contribution < -0.4 is 4.74 Å². The highest BCUT2D eigenvalue weighted by Crippen LogP contribution is 2.16. The van der Waals surface area contributed by atoms with Gasteiger partial charge < -0.3 is 14.2 Å². The Hall–Kier alpha value is -1.57. The molecule has 0 unspecified atom stereocenters. The first kappa shape index (κ1) is 16.5. The third-order valence-corrected chi connectivity index (χ3v) is 3.10. The number of nitriles is 1. The number of benzene rings is 1. The predicted octanol–water partition coefficient (Wildman–Crippen LogP) is 3.16. The zero-order valence-corrected chi connectivity index (χ0v) is 12.5. The minimum atomic E-state index is -0.137. The van der Waals surface area contributed by atoms with E-state index in [0.29, 0.717) is 31.1 Å². The van der Waals surface area contributed by atoms with Gasteiger partial charge in [0.1, 0.15) is 11.8 Å². The normalized spacial score (nSPS) is 11.1. The quantitative estimate of drug-likeness (QED) is 0.651. The van der Waals surface area contributed by atoms with E-state index in [0.717, 1.165) is 12.8 Å². The van der Waals surface area contributed by atoms with Crippen molar-refractivity contribution >= 4 is 0 Å². The maximum atomic E-state index is 8.92. The molecule has 0 bridgehead atoms. The van der Waals surface area contributed by atoms with Crippen LogP contribution >= 0.6 is 0 Å². The minimum absolute atomic E-state index is 0.137. The first-order chi connectivity index (χ1) is 9.59. The molecular formula is C16H23NO3. The Balaban J connectivity index is 2.13. The van der Waals surface area contributed by atoms with Gasteiger partial charge in [0.05, 0.1) is 17.8 Å². The van der Waals surface area contributed by atoms with Gasteiger partial charge in [-0.15, -0.1) is 0 Å². The molecule has 0 N–H and O–H groups in total. The number of hydrogen-bond donors (Lipinski definition) is 0. The molecule has 110 valence electrons. The molecule has 0 radical (unpaired) electrons. The van der Waals surface area contributed by atoms with Gasteiger partial charge in [0.15, 0.2) is 0 Å². The van der Waals surface area contributed by atoms with Crippen LogP contribution in [0.1, 0.15) is 32.3 Å². The third-order valence-electron chi connectivity index (χ3n) is 3.10. The van der Waals surface area contributed by atoms with Crippen LogP contribution in [0, 0.1) is 11.3 Å². The van der Waals surface area contributed by atoms with Crippen LogP contribution in [-0.2, 0) is 9.47 Å². The molecular weight excluding hydrogens is 254 g/mol. The average molecular weight is 277 g/mol. The lowest BCUT2D eigenvalue weighted by molar-refractivity contribution is -0.0107. The summed E-state index contributed by atoms with van der Waals surface area (Å²) >= 11 is 0. The van der Waals surface area contributed by atoms with Crippen molar-refractivity contribution < 1.29 is 14.2 Å². The Labute approximate surface area is 121 Å². The second-order valence-electron chi connectivity index (χ2n) is 5.14. The predicted molar refractivity (Wildman–Crippen MR) is 77.8 cm³/mol. The Bertz CT molecular complexity index is 438. The molecule has 0 aliphatic rings. The van der Waals surface area contributed by atoms with E-state index >= 15 is 0 Å². The largest absolute Gasteiger partial charge is 0.492 e. The van der Waals surface area contributed by atoms with Crippen molar-refractivity contribution in [1.29, 1.82) is 5.26 Å². The summed E-state index contributed by atoms with van der Waals surface area (Å²) in [6, 6.07) is 9.35. The lowest BCUT2D eigenvalue weighted by atomic mass is 10.1. The summed E-state index contributed by atoms with van der Waals surface area (Å²) in [6.45, 7) is 5.95. The lowest BCUT2D eigenvalue weighted by Gasteiger charge is -2.22. The SMILES string of the molecule is COC(C)(C)CCOCCCOc1ccccc1C#N. The second-order valence-corrected chi connectivity index (χ2v) is 5.14. The van der Waals surface area contributed by atoms with Crippen LogP contribution in [0.25, 0.3) is 0 Å². The smallest absolute Gasteiger partial charge is 0.137 e. The van der Waals surface area contributed by atoms with Crippen LogP contribution in [0.3, 0.4) is 0 Å².